The SMILES string of the molecule is CNCC1(CNc2ccc3c(c2)CC(=O)N3)CC1. The number of hydrogen-bond donors (Lipinski definition) is 3. The molecule has 1 heterocycles. The van der Waals surface area contributed by atoms with Crippen molar-refractivity contribution in [1.29, 1.82) is 0 Å². The topological polar surface area (TPSA) is 53.2 Å². The van der Waals surface area contributed by atoms with E-state index in [1.54, 1.807) is 0 Å². The molecule has 0 saturated heterocycles. The summed E-state index contributed by atoms with van der Waals surface area (Å²) in [6.45, 7) is 2.08. The molecule has 3 N–H and O–H groups in total. The lowest BCUT2D eigenvalue weighted by Gasteiger charge is -2.16. The number of amides is 1. The van der Waals surface area contributed by atoms with Crippen molar-refractivity contribution in [1.82, 2.24) is 5.32 Å². The predicted octanol–water partition coefficient (Wildman–Crippen LogP) is 1.59. The molecule has 18 heavy (non-hydrogen) atoms. The lowest BCUT2D eigenvalue weighted by Crippen LogP contribution is -2.26. The zero-order valence-corrected chi connectivity index (χ0v) is 10.7. The van der Waals surface area contributed by atoms with E-state index in [0.717, 1.165) is 30.0 Å². The summed E-state index contributed by atoms with van der Waals surface area (Å²) in [5.74, 6) is 0.0935. The average Bonchev–Trinajstić information content (AvgIpc) is 3.00. The molecule has 1 aromatic rings. The van der Waals surface area contributed by atoms with Gasteiger partial charge in [0.2, 0.25) is 5.91 Å². The van der Waals surface area contributed by atoms with E-state index < -0.39 is 0 Å². The first kappa shape index (κ1) is 11.5. The summed E-state index contributed by atoms with van der Waals surface area (Å²) in [6, 6.07) is 6.11. The minimum Gasteiger partial charge on any atom is -0.384 e. The second kappa shape index (κ2) is 4.28. The minimum atomic E-state index is 0.0935. The van der Waals surface area contributed by atoms with Crippen LogP contribution in [0.3, 0.4) is 0 Å². The zero-order valence-electron chi connectivity index (χ0n) is 10.7. The van der Waals surface area contributed by atoms with E-state index in [-0.39, 0.29) is 5.91 Å². The first-order chi connectivity index (χ1) is 8.71. The fraction of sp³-hybridized carbons (Fsp3) is 0.500. The number of carbonyl (C=O) groups is 1. The number of anilines is 2. The van der Waals surface area contributed by atoms with Gasteiger partial charge < -0.3 is 16.0 Å². The Balaban J connectivity index is 1.64. The molecule has 1 aliphatic heterocycles. The van der Waals surface area contributed by atoms with Crippen LogP contribution in [0.1, 0.15) is 18.4 Å². The highest BCUT2D eigenvalue weighted by molar-refractivity contribution is 5.99. The van der Waals surface area contributed by atoms with E-state index in [4.69, 9.17) is 0 Å². The quantitative estimate of drug-likeness (QED) is 0.738. The summed E-state index contributed by atoms with van der Waals surface area (Å²) in [4.78, 5) is 11.3. The molecule has 4 nitrogen and oxygen atoms in total. The molecule has 2 aliphatic rings. The molecule has 0 radical (unpaired) electrons. The molecule has 4 heteroatoms. The number of rotatable bonds is 5. The third-order valence-corrected chi connectivity index (χ3v) is 3.91. The Labute approximate surface area is 107 Å². The van der Waals surface area contributed by atoms with Crippen molar-refractivity contribution < 1.29 is 4.79 Å². The molecule has 1 saturated carbocycles. The first-order valence-corrected chi connectivity index (χ1v) is 6.52. The van der Waals surface area contributed by atoms with Crippen molar-refractivity contribution in [3.63, 3.8) is 0 Å². The van der Waals surface area contributed by atoms with Crippen molar-refractivity contribution in [3.8, 4) is 0 Å². The molecule has 1 aliphatic carbocycles. The first-order valence-electron chi connectivity index (χ1n) is 6.52. The maximum Gasteiger partial charge on any atom is 0.228 e. The molecule has 0 spiro atoms. The third kappa shape index (κ3) is 2.20. The van der Waals surface area contributed by atoms with Gasteiger partial charge in [-0.3, -0.25) is 4.79 Å². The lowest BCUT2D eigenvalue weighted by atomic mass is 10.1. The van der Waals surface area contributed by atoms with Crippen molar-refractivity contribution >= 4 is 17.3 Å². The summed E-state index contributed by atoms with van der Waals surface area (Å²) in [7, 11) is 2.01. The Hall–Kier alpha value is -1.55. The van der Waals surface area contributed by atoms with Gasteiger partial charge in [0.05, 0.1) is 6.42 Å². The van der Waals surface area contributed by atoms with Crippen LogP contribution in [-0.4, -0.2) is 26.0 Å². The van der Waals surface area contributed by atoms with Gasteiger partial charge in [-0.1, -0.05) is 0 Å². The maximum absolute atomic E-state index is 11.3. The Morgan fingerprint density at radius 3 is 2.89 bits per heavy atom. The molecular weight excluding hydrogens is 226 g/mol. The van der Waals surface area contributed by atoms with Gasteiger partial charge in [0.15, 0.2) is 0 Å². The van der Waals surface area contributed by atoms with Gasteiger partial charge >= 0.3 is 0 Å². The number of benzene rings is 1. The Morgan fingerprint density at radius 2 is 2.17 bits per heavy atom. The highest BCUT2D eigenvalue weighted by Crippen LogP contribution is 2.45. The van der Waals surface area contributed by atoms with Crippen LogP contribution in [0.5, 0.6) is 0 Å². The van der Waals surface area contributed by atoms with E-state index in [1.807, 2.05) is 19.2 Å². The number of hydrogen-bond acceptors (Lipinski definition) is 3. The fourth-order valence-corrected chi connectivity index (χ4v) is 2.60. The highest BCUT2D eigenvalue weighted by Gasteiger charge is 2.41. The summed E-state index contributed by atoms with van der Waals surface area (Å²) in [6.07, 6.45) is 3.10. The molecule has 0 atom stereocenters. The predicted molar refractivity (Wildman–Crippen MR) is 72.9 cm³/mol. The Bertz CT molecular complexity index is 480. The second-order valence-electron chi connectivity index (χ2n) is 5.48. The molecular formula is C14H19N3O. The lowest BCUT2D eigenvalue weighted by molar-refractivity contribution is -0.115. The van der Waals surface area contributed by atoms with Gasteiger partial charge in [0.25, 0.3) is 0 Å². The third-order valence-electron chi connectivity index (χ3n) is 3.91. The van der Waals surface area contributed by atoms with Crippen LogP contribution in [0.15, 0.2) is 18.2 Å². The van der Waals surface area contributed by atoms with Crippen LogP contribution in [0.25, 0.3) is 0 Å². The van der Waals surface area contributed by atoms with Crippen LogP contribution in [0, 0.1) is 5.41 Å². The Kier molecular flexibility index (Phi) is 2.74. The number of fused-ring (bicyclic) bond motifs is 1. The van der Waals surface area contributed by atoms with Crippen molar-refractivity contribution in [2.75, 3.05) is 30.8 Å². The average molecular weight is 245 g/mol. The number of nitrogens with one attached hydrogen (secondary N) is 3. The monoisotopic (exact) mass is 245 g/mol. The van der Waals surface area contributed by atoms with Gasteiger partial charge in [-0.2, -0.15) is 0 Å². The van der Waals surface area contributed by atoms with Gasteiger partial charge in [0, 0.05) is 29.9 Å². The van der Waals surface area contributed by atoms with Gasteiger partial charge in [-0.15, -0.1) is 0 Å². The van der Waals surface area contributed by atoms with Crippen LogP contribution in [0.2, 0.25) is 0 Å². The summed E-state index contributed by atoms with van der Waals surface area (Å²) < 4.78 is 0. The summed E-state index contributed by atoms with van der Waals surface area (Å²) in [5, 5.41) is 9.61. The van der Waals surface area contributed by atoms with E-state index in [1.165, 1.54) is 12.8 Å². The molecule has 96 valence electrons. The molecule has 1 aromatic carbocycles. The molecule has 0 bridgehead atoms. The smallest absolute Gasteiger partial charge is 0.228 e. The second-order valence-corrected chi connectivity index (χ2v) is 5.48. The minimum absolute atomic E-state index is 0.0935. The van der Waals surface area contributed by atoms with E-state index in [2.05, 4.69) is 22.0 Å². The molecule has 1 fully saturated rings. The fourth-order valence-electron chi connectivity index (χ4n) is 2.60. The van der Waals surface area contributed by atoms with Crippen molar-refractivity contribution in [2.45, 2.75) is 19.3 Å². The van der Waals surface area contributed by atoms with Gasteiger partial charge in [-0.25, -0.2) is 0 Å². The van der Waals surface area contributed by atoms with E-state index in [0.29, 0.717) is 11.8 Å². The molecule has 0 aromatic heterocycles. The standard InChI is InChI=1S/C14H19N3O/c1-15-8-14(4-5-14)9-16-11-2-3-12-10(6-11)7-13(18)17-12/h2-3,6,15-16H,4-5,7-9H2,1H3,(H,17,18). The van der Waals surface area contributed by atoms with Crippen LogP contribution >= 0.6 is 0 Å². The van der Waals surface area contributed by atoms with Crippen LogP contribution < -0.4 is 16.0 Å². The summed E-state index contributed by atoms with van der Waals surface area (Å²) in [5.41, 5.74) is 3.62. The van der Waals surface area contributed by atoms with Crippen LogP contribution in [-0.2, 0) is 11.2 Å². The van der Waals surface area contributed by atoms with Crippen molar-refractivity contribution in [3.05, 3.63) is 23.8 Å². The summed E-state index contributed by atoms with van der Waals surface area (Å²) >= 11 is 0. The molecule has 1 amide bonds. The highest BCUT2D eigenvalue weighted by atomic mass is 16.1. The number of carbonyl (C=O) groups excluding carboxylic acids is 1. The van der Waals surface area contributed by atoms with E-state index in [9.17, 15) is 4.79 Å². The Morgan fingerprint density at radius 1 is 1.33 bits per heavy atom. The van der Waals surface area contributed by atoms with E-state index >= 15 is 0 Å². The molecule has 0 unspecified atom stereocenters. The van der Waals surface area contributed by atoms with Gasteiger partial charge in [-0.05, 0) is 43.7 Å². The van der Waals surface area contributed by atoms with Crippen molar-refractivity contribution in [2.24, 2.45) is 5.41 Å². The largest absolute Gasteiger partial charge is 0.384 e. The molecule has 3 rings (SSSR count). The zero-order chi connectivity index (χ0) is 12.6. The van der Waals surface area contributed by atoms with Crippen LogP contribution in [0.4, 0.5) is 11.4 Å². The maximum atomic E-state index is 11.3. The normalized spacial score (nSPS) is 19.3. The van der Waals surface area contributed by atoms with Gasteiger partial charge in [0.1, 0.15) is 0 Å².